The van der Waals surface area contributed by atoms with Gasteiger partial charge in [0.15, 0.2) is 0 Å². The third-order valence-corrected chi connectivity index (χ3v) is 4.43. The van der Waals surface area contributed by atoms with E-state index in [4.69, 9.17) is 23.2 Å². The van der Waals surface area contributed by atoms with Gasteiger partial charge >= 0.3 is 0 Å². The minimum atomic E-state index is -0.480. The molecule has 140 valence electrons. The monoisotopic (exact) mass is 410 g/mol. The first kappa shape index (κ1) is 19.7. The van der Waals surface area contributed by atoms with Crippen LogP contribution in [-0.4, -0.2) is 11.8 Å². The summed E-state index contributed by atoms with van der Waals surface area (Å²) in [6.45, 7) is 0. The van der Waals surface area contributed by atoms with Crippen LogP contribution in [0.1, 0.15) is 15.9 Å². The molecular weight excluding hydrogens is 395 g/mol. The van der Waals surface area contributed by atoms with Crippen molar-refractivity contribution in [2.75, 3.05) is 5.32 Å². The van der Waals surface area contributed by atoms with Gasteiger partial charge in [0, 0.05) is 21.3 Å². The maximum Gasteiger partial charge on any atom is 0.272 e. The van der Waals surface area contributed by atoms with Crippen LogP contribution in [-0.2, 0) is 4.79 Å². The Bertz CT molecular complexity index is 1020. The molecule has 3 aromatic rings. The van der Waals surface area contributed by atoms with E-state index < -0.39 is 11.8 Å². The van der Waals surface area contributed by atoms with E-state index in [2.05, 4.69) is 10.6 Å². The van der Waals surface area contributed by atoms with E-state index in [1.807, 2.05) is 6.07 Å². The van der Waals surface area contributed by atoms with E-state index in [-0.39, 0.29) is 5.70 Å². The van der Waals surface area contributed by atoms with Gasteiger partial charge in [0.25, 0.3) is 11.8 Å². The second kappa shape index (κ2) is 9.22. The zero-order valence-corrected chi connectivity index (χ0v) is 16.2. The van der Waals surface area contributed by atoms with E-state index >= 15 is 0 Å². The Morgan fingerprint density at radius 1 is 0.786 bits per heavy atom. The molecule has 6 heteroatoms. The van der Waals surface area contributed by atoms with Crippen LogP contribution in [0.25, 0.3) is 6.08 Å². The van der Waals surface area contributed by atoms with E-state index in [1.54, 1.807) is 72.8 Å². The molecule has 2 N–H and O–H groups in total. The Labute approximate surface area is 172 Å². The molecule has 0 saturated carbocycles. The molecule has 0 atom stereocenters. The Morgan fingerprint density at radius 3 is 2.11 bits per heavy atom. The number of amides is 2. The predicted molar refractivity (Wildman–Crippen MR) is 113 cm³/mol. The number of halogens is 2. The van der Waals surface area contributed by atoms with Gasteiger partial charge in [-0.3, -0.25) is 9.59 Å². The van der Waals surface area contributed by atoms with Gasteiger partial charge in [-0.15, -0.1) is 0 Å². The molecule has 0 aliphatic carbocycles. The average molecular weight is 411 g/mol. The molecule has 3 rings (SSSR count). The van der Waals surface area contributed by atoms with Crippen molar-refractivity contribution in [3.8, 4) is 0 Å². The Hall–Kier alpha value is -3.08. The summed E-state index contributed by atoms with van der Waals surface area (Å²) >= 11 is 12.1. The standard InChI is InChI=1S/C22H16Cl2N2O2/c23-17-10-12-18(13-11-17)25-22(28)20(14-16-8-4-5-9-19(16)24)26-21(27)15-6-2-1-3-7-15/h1-14H,(H,25,28)(H,26,27)/b20-14-. The van der Waals surface area contributed by atoms with Crippen molar-refractivity contribution in [2.24, 2.45) is 0 Å². The largest absolute Gasteiger partial charge is 0.321 e. The number of benzene rings is 3. The van der Waals surface area contributed by atoms with Crippen LogP contribution in [0.5, 0.6) is 0 Å². The van der Waals surface area contributed by atoms with Crippen LogP contribution in [0.15, 0.2) is 84.6 Å². The zero-order chi connectivity index (χ0) is 19.9. The SMILES string of the molecule is O=C(Nc1ccc(Cl)cc1)/C(=C/c1ccccc1Cl)NC(=O)c1ccccc1. The van der Waals surface area contributed by atoms with Gasteiger partial charge in [-0.25, -0.2) is 0 Å². The normalized spacial score (nSPS) is 11.0. The zero-order valence-electron chi connectivity index (χ0n) is 14.7. The van der Waals surface area contributed by atoms with Gasteiger partial charge in [0.05, 0.1) is 0 Å². The fraction of sp³-hybridized carbons (Fsp3) is 0. The van der Waals surface area contributed by atoms with Crippen LogP contribution in [0.2, 0.25) is 10.0 Å². The highest BCUT2D eigenvalue weighted by molar-refractivity contribution is 6.32. The van der Waals surface area contributed by atoms with Crippen LogP contribution in [0.4, 0.5) is 5.69 Å². The average Bonchev–Trinajstić information content (AvgIpc) is 2.71. The van der Waals surface area contributed by atoms with Crippen molar-refractivity contribution >= 4 is 46.8 Å². The number of rotatable bonds is 5. The summed E-state index contributed by atoms with van der Waals surface area (Å²) in [6.07, 6.45) is 1.54. The predicted octanol–water partition coefficient (Wildman–Crippen LogP) is 5.40. The lowest BCUT2D eigenvalue weighted by molar-refractivity contribution is -0.113. The van der Waals surface area contributed by atoms with Gasteiger partial charge in [-0.05, 0) is 54.1 Å². The minimum Gasteiger partial charge on any atom is -0.321 e. The van der Waals surface area contributed by atoms with Crippen LogP contribution in [0, 0.1) is 0 Å². The van der Waals surface area contributed by atoms with Crippen molar-refractivity contribution in [2.45, 2.75) is 0 Å². The molecule has 0 aliphatic rings. The molecule has 0 saturated heterocycles. The first-order chi connectivity index (χ1) is 13.5. The van der Waals surface area contributed by atoms with Crippen LogP contribution >= 0.6 is 23.2 Å². The summed E-state index contributed by atoms with van der Waals surface area (Å²) in [7, 11) is 0. The Morgan fingerprint density at radius 2 is 1.43 bits per heavy atom. The maximum absolute atomic E-state index is 12.8. The van der Waals surface area contributed by atoms with E-state index in [0.717, 1.165) is 0 Å². The number of hydrogen-bond acceptors (Lipinski definition) is 2. The van der Waals surface area contributed by atoms with Gasteiger partial charge < -0.3 is 10.6 Å². The summed E-state index contributed by atoms with van der Waals surface area (Å²) in [5.74, 6) is -0.878. The lowest BCUT2D eigenvalue weighted by Gasteiger charge is -2.12. The lowest BCUT2D eigenvalue weighted by Crippen LogP contribution is -2.30. The van der Waals surface area contributed by atoms with Crippen molar-refractivity contribution < 1.29 is 9.59 Å². The molecule has 0 aliphatic heterocycles. The Kier molecular flexibility index (Phi) is 6.48. The Balaban J connectivity index is 1.89. The van der Waals surface area contributed by atoms with Crippen molar-refractivity contribution in [3.63, 3.8) is 0 Å². The molecule has 0 radical (unpaired) electrons. The molecule has 0 spiro atoms. The van der Waals surface area contributed by atoms with Crippen LogP contribution in [0.3, 0.4) is 0 Å². The summed E-state index contributed by atoms with van der Waals surface area (Å²) < 4.78 is 0. The topological polar surface area (TPSA) is 58.2 Å². The first-order valence-electron chi connectivity index (χ1n) is 8.42. The first-order valence-corrected chi connectivity index (χ1v) is 9.18. The molecule has 2 amide bonds. The highest BCUT2D eigenvalue weighted by Crippen LogP contribution is 2.19. The maximum atomic E-state index is 12.8. The summed E-state index contributed by atoms with van der Waals surface area (Å²) in [6, 6.07) is 22.4. The quantitative estimate of drug-likeness (QED) is 0.552. The van der Waals surface area contributed by atoms with E-state index in [0.29, 0.717) is 26.9 Å². The molecule has 0 unspecified atom stereocenters. The summed E-state index contributed by atoms with van der Waals surface area (Å²) in [5.41, 5.74) is 1.66. The highest BCUT2D eigenvalue weighted by Gasteiger charge is 2.15. The minimum absolute atomic E-state index is 0.0666. The third-order valence-electron chi connectivity index (χ3n) is 3.84. The van der Waals surface area contributed by atoms with Crippen molar-refractivity contribution in [1.82, 2.24) is 5.32 Å². The number of nitrogens with one attached hydrogen (secondary N) is 2. The number of anilines is 1. The van der Waals surface area contributed by atoms with Crippen molar-refractivity contribution in [3.05, 3.63) is 106 Å². The molecule has 0 aromatic heterocycles. The van der Waals surface area contributed by atoms with Gasteiger partial charge in [0.1, 0.15) is 5.70 Å². The fourth-order valence-corrected chi connectivity index (χ4v) is 2.74. The third kappa shape index (κ3) is 5.22. The lowest BCUT2D eigenvalue weighted by atomic mass is 10.1. The molecule has 0 bridgehead atoms. The molecule has 28 heavy (non-hydrogen) atoms. The van der Waals surface area contributed by atoms with E-state index in [9.17, 15) is 9.59 Å². The summed E-state index contributed by atoms with van der Waals surface area (Å²) in [5, 5.41) is 6.43. The second-order valence-electron chi connectivity index (χ2n) is 5.86. The smallest absolute Gasteiger partial charge is 0.272 e. The fourth-order valence-electron chi connectivity index (χ4n) is 2.42. The number of carbonyl (C=O) groups is 2. The van der Waals surface area contributed by atoms with Gasteiger partial charge in [-0.1, -0.05) is 59.6 Å². The molecular formula is C22H16Cl2N2O2. The number of carbonyl (C=O) groups excluding carboxylic acids is 2. The highest BCUT2D eigenvalue weighted by atomic mass is 35.5. The molecule has 3 aromatic carbocycles. The van der Waals surface area contributed by atoms with E-state index in [1.165, 1.54) is 6.08 Å². The molecule has 4 nitrogen and oxygen atoms in total. The summed E-state index contributed by atoms with van der Waals surface area (Å²) in [4.78, 5) is 25.4. The second-order valence-corrected chi connectivity index (χ2v) is 6.70. The molecule has 0 fully saturated rings. The van der Waals surface area contributed by atoms with Crippen LogP contribution < -0.4 is 10.6 Å². The van der Waals surface area contributed by atoms with Gasteiger partial charge in [0.2, 0.25) is 0 Å². The van der Waals surface area contributed by atoms with Gasteiger partial charge in [-0.2, -0.15) is 0 Å². The van der Waals surface area contributed by atoms with Crippen molar-refractivity contribution in [1.29, 1.82) is 0 Å². The number of hydrogen-bond donors (Lipinski definition) is 2. The molecule has 0 heterocycles.